The Labute approximate surface area is 103 Å². The predicted molar refractivity (Wildman–Crippen MR) is 68.4 cm³/mol. The average molecular weight is 283 g/mol. The molecule has 0 saturated carbocycles. The van der Waals surface area contributed by atoms with Gasteiger partial charge in [-0.05, 0) is 0 Å². The van der Waals surface area contributed by atoms with E-state index in [1.54, 1.807) is 11.3 Å². The minimum atomic E-state index is 0. The summed E-state index contributed by atoms with van der Waals surface area (Å²) < 4.78 is 0. The molecule has 0 amide bonds. The fourth-order valence-corrected chi connectivity index (χ4v) is 2.71. The van der Waals surface area contributed by atoms with Gasteiger partial charge in [-0.25, -0.2) is 4.98 Å². The molecule has 0 spiro atoms. The van der Waals surface area contributed by atoms with Crippen LogP contribution in [0.25, 0.3) is 10.6 Å². The van der Waals surface area contributed by atoms with Crippen LogP contribution >= 0.6 is 28.3 Å². The molecule has 78 valence electrons. The Morgan fingerprint density at radius 3 is 2.67 bits per heavy atom. The summed E-state index contributed by atoms with van der Waals surface area (Å²) in [7, 11) is 0. The first-order valence-electron chi connectivity index (χ1n) is 4.68. The molecule has 0 bridgehead atoms. The van der Waals surface area contributed by atoms with Crippen LogP contribution in [-0.2, 0) is 13.1 Å². The van der Waals surface area contributed by atoms with Gasteiger partial charge in [0.1, 0.15) is 5.01 Å². The van der Waals surface area contributed by atoms with Gasteiger partial charge in [0.25, 0.3) is 0 Å². The molecule has 1 aromatic heterocycles. The Bertz CT molecular complexity index is 431. The van der Waals surface area contributed by atoms with E-state index in [1.165, 1.54) is 16.1 Å². The molecule has 1 aromatic carbocycles. The lowest BCUT2D eigenvalue weighted by Crippen LogP contribution is -2.01. The van der Waals surface area contributed by atoms with E-state index >= 15 is 0 Å². The summed E-state index contributed by atoms with van der Waals surface area (Å²) in [5.41, 5.74) is 2.46. The first-order valence-corrected chi connectivity index (χ1v) is 5.50. The van der Waals surface area contributed by atoms with Crippen LogP contribution in [0.3, 0.4) is 0 Å². The van der Waals surface area contributed by atoms with Gasteiger partial charge in [-0.3, -0.25) is 0 Å². The van der Waals surface area contributed by atoms with Crippen LogP contribution in [0.5, 0.6) is 0 Å². The second-order valence-corrected chi connectivity index (χ2v) is 4.44. The summed E-state index contributed by atoms with van der Waals surface area (Å²) >= 11 is 1.80. The lowest BCUT2D eigenvalue weighted by atomic mass is 10.2. The summed E-state index contributed by atoms with van der Waals surface area (Å²) in [6.45, 7) is 1.92. The normalized spacial score (nSPS) is 13.3. The molecule has 1 aliphatic rings. The van der Waals surface area contributed by atoms with E-state index in [0.717, 1.165) is 18.1 Å². The number of nitrogens with one attached hydrogen (secondary N) is 1. The molecule has 3 rings (SSSR count). The summed E-state index contributed by atoms with van der Waals surface area (Å²) in [4.78, 5) is 6.01. The van der Waals surface area contributed by atoms with Crippen molar-refractivity contribution in [1.29, 1.82) is 0 Å². The third-order valence-electron chi connectivity index (χ3n) is 2.38. The predicted octanol–water partition coefficient (Wildman–Crippen LogP) is 2.99. The van der Waals surface area contributed by atoms with Gasteiger partial charge in [0.05, 0.1) is 5.69 Å². The molecule has 2 heterocycles. The fourth-order valence-electron chi connectivity index (χ4n) is 1.66. The summed E-state index contributed by atoms with van der Waals surface area (Å²) in [5.74, 6) is 0. The third kappa shape index (κ3) is 1.97. The second kappa shape index (κ2) is 4.43. The zero-order valence-corrected chi connectivity index (χ0v) is 10.6. The van der Waals surface area contributed by atoms with Crippen molar-refractivity contribution in [3.05, 3.63) is 40.9 Å². The van der Waals surface area contributed by atoms with Crippen LogP contribution in [0.4, 0.5) is 0 Å². The van der Waals surface area contributed by atoms with E-state index in [1.807, 2.05) is 6.07 Å². The van der Waals surface area contributed by atoms with E-state index in [4.69, 9.17) is 0 Å². The highest BCUT2D eigenvalue weighted by Crippen LogP contribution is 2.29. The highest BCUT2D eigenvalue weighted by molar-refractivity contribution is 8.93. The molecule has 4 heteroatoms. The van der Waals surface area contributed by atoms with Crippen molar-refractivity contribution in [2.24, 2.45) is 0 Å². The molecule has 0 radical (unpaired) electrons. The molecule has 0 atom stereocenters. The van der Waals surface area contributed by atoms with Crippen molar-refractivity contribution < 1.29 is 0 Å². The first-order chi connectivity index (χ1) is 6.93. The Morgan fingerprint density at radius 2 is 1.93 bits per heavy atom. The number of fused-ring (bicyclic) bond motifs is 1. The number of benzene rings is 1. The molecule has 0 aliphatic carbocycles. The number of halogens is 1. The van der Waals surface area contributed by atoms with Gasteiger partial charge >= 0.3 is 0 Å². The molecule has 2 aromatic rings. The fraction of sp³-hybridized carbons (Fsp3) is 0.182. The van der Waals surface area contributed by atoms with Crippen molar-refractivity contribution in [3.8, 4) is 10.6 Å². The molecular formula is C11H11BrN2S. The van der Waals surface area contributed by atoms with Crippen molar-refractivity contribution in [2.75, 3.05) is 0 Å². The van der Waals surface area contributed by atoms with Crippen LogP contribution in [0.15, 0.2) is 30.3 Å². The number of hydrogen-bond acceptors (Lipinski definition) is 3. The average Bonchev–Trinajstić information content (AvgIpc) is 2.78. The van der Waals surface area contributed by atoms with Crippen LogP contribution in [0.1, 0.15) is 10.6 Å². The second-order valence-electron chi connectivity index (χ2n) is 3.36. The third-order valence-corrected chi connectivity index (χ3v) is 3.52. The minimum Gasteiger partial charge on any atom is -0.306 e. The number of rotatable bonds is 1. The first kappa shape index (κ1) is 10.8. The Hall–Kier alpha value is -0.710. The zero-order chi connectivity index (χ0) is 9.38. The summed E-state index contributed by atoms with van der Waals surface area (Å²) in [5, 5.41) is 4.44. The minimum absolute atomic E-state index is 0. The summed E-state index contributed by atoms with van der Waals surface area (Å²) in [6.07, 6.45) is 0. The quantitative estimate of drug-likeness (QED) is 0.870. The number of aromatic nitrogens is 1. The van der Waals surface area contributed by atoms with Crippen LogP contribution in [0.2, 0.25) is 0 Å². The van der Waals surface area contributed by atoms with Gasteiger partial charge in [0.15, 0.2) is 0 Å². The molecule has 2 nitrogen and oxygen atoms in total. The number of nitrogens with zero attached hydrogens (tertiary/aromatic N) is 1. The monoisotopic (exact) mass is 282 g/mol. The lowest BCUT2D eigenvalue weighted by molar-refractivity contribution is 0.759. The van der Waals surface area contributed by atoms with Crippen molar-refractivity contribution in [1.82, 2.24) is 10.3 Å². The Morgan fingerprint density at radius 1 is 1.13 bits per heavy atom. The molecule has 1 N–H and O–H groups in total. The van der Waals surface area contributed by atoms with Gasteiger partial charge in [-0.2, -0.15) is 0 Å². The van der Waals surface area contributed by atoms with E-state index in [0.29, 0.717) is 0 Å². The highest BCUT2D eigenvalue weighted by atomic mass is 79.9. The van der Waals surface area contributed by atoms with E-state index in [-0.39, 0.29) is 17.0 Å². The highest BCUT2D eigenvalue weighted by Gasteiger charge is 2.16. The smallest absolute Gasteiger partial charge is 0.123 e. The van der Waals surface area contributed by atoms with Crippen LogP contribution < -0.4 is 5.32 Å². The molecule has 0 fully saturated rings. The van der Waals surface area contributed by atoms with Gasteiger partial charge in [-0.1, -0.05) is 30.3 Å². The maximum Gasteiger partial charge on any atom is 0.123 e. The van der Waals surface area contributed by atoms with Gasteiger partial charge < -0.3 is 5.32 Å². The van der Waals surface area contributed by atoms with Crippen molar-refractivity contribution in [3.63, 3.8) is 0 Å². The van der Waals surface area contributed by atoms with Gasteiger partial charge in [0.2, 0.25) is 0 Å². The van der Waals surface area contributed by atoms with Crippen molar-refractivity contribution in [2.45, 2.75) is 13.1 Å². The van der Waals surface area contributed by atoms with Gasteiger partial charge in [0, 0.05) is 23.5 Å². The zero-order valence-electron chi connectivity index (χ0n) is 8.06. The molecular weight excluding hydrogens is 272 g/mol. The molecule has 0 saturated heterocycles. The van der Waals surface area contributed by atoms with Crippen molar-refractivity contribution >= 4 is 28.3 Å². The number of thiazole rings is 1. The lowest BCUT2D eigenvalue weighted by Gasteiger charge is -1.94. The SMILES string of the molecule is Br.c1ccc(-c2nc3c(s2)CNC3)cc1. The van der Waals surface area contributed by atoms with E-state index in [9.17, 15) is 0 Å². The maximum absolute atomic E-state index is 4.62. The maximum atomic E-state index is 4.62. The number of hydrogen-bond donors (Lipinski definition) is 1. The van der Waals surface area contributed by atoms with Crippen LogP contribution in [0, 0.1) is 0 Å². The van der Waals surface area contributed by atoms with Crippen LogP contribution in [-0.4, -0.2) is 4.98 Å². The van der Waals surface area contributed by atoms with E-state index < -0.39 is 0 Å². The Balaban J connectivity index is 0.000000853. The largest absolute Gasteiger partial charge is 0.306 e. The van der Waals surface area contributed by atoms with Gasteiger partial charge in [-0.15, -0.1) is 28.3 Å². The van der Waals surface area contributed by atoms with E-state index in [2.05, 4.69) is 34.6 Å². The summed E-state index contributed by atoms with van der Waals surface area (Å²) in [6, 6.07) is 10.4. The molecule has 15 heavy (non-hydrogen) atoms. The molecule has 1 aliphatic heterocycles. The standard InChI is InChI=1S/C11H10N2S.BrH/c1-2-4-8(5-3-1)11-13-9-6-12-7-10(9)14-11;/h1-5,12H,6-7H2;1H. The topological polar surface area (TPSA) is 24.9 Å². The Kier molecular flexibility index (Phi) is 3.19. The molecule has 0 unspecified atom stereocenters.